The maximum atomic E-state index is 10.4. The highest BCUT2D eigenvalue weighted by atomic mass is 16.4. The van der Waals surface area contributed by atoms with E-state index in [1.165, 1.54) is 0 Å². The molecule has 0 heterocycles. The van der Waals surface area contributed by atoms with Gasteiger partial charge in [-0.25, -0.2) is 0 Å². The highest BCUT2D eigenvalue weighted by Crippen LogP contribution is 2.13. The van der Waals surface area contributed by atoms with Crippen LogP contribution < -0.4 is 5.11 Å². The molecule has 0 fully saturated rings. The standard InChI is InChI=1S/C8H14O2/c1-4-5-7(6(2)3)8(9)10/h7H,2,4-5H2,1,3H3,(H,9,10)/p-1. The lowest BCUT2D eigenvalue weighted by atomic mass is 9.97. The molecular formula is C8H13O2-. The Kier molecular flexibility index (Phi) is 3.77. The molecule has 0 aromatic rings. The number of carbonyl (C=O) groups excluding carboxylic acids is 1. The Balaban J connectivity index is 3.98. The third kappa shape index (κ3) is 2.67. The van der Waals surface area contributed by atoms with Crippen LogP contribution in [0.5, 0.6) is 0 Å². The van der Waals surface area contributed by atoms with Crippen molar-refractivity contribution in [2.45, 2.75) is 26.7 Å². The van der Waals surface area contributed by atoms with Gasteiger partial charge < -0.3 is 9.90 Å². The van der Waals surface area contributed by atoms with Crippen LogP contribution >= 0.6 is 0 Å². The number of carboxylic acids is 1. The Hall–Kier alpha value is -0.790. The molecule has 0 rings (SSSR count). The van der Waals surface area contributed by atoms with E-state index in [0.717, 1.165) is 6.42 Å². The van der Waals surface area contributed by atoms with Crippen molar-refractivity contribution in [2.24, 2.45) is 5.92 Å². The predicted molar refractivity (Wildman–Crippen MR) is 38.2 cm³/mol. The number of carbonyl (C=O) groups is 1. The van der Waals surface area contributed by atoms with Crippen molar-refractivity contribution in [2.75, 3.05) is 0 Å². The van der Waals surface area contributed by atoms with E-state index in [-0.39, 0.29) is 0 Å². The van der Waals surface area contributed by atoms with E-state index in [9.17, 15) is 9.90 Å². The fourth-order valence-corrected chi connectivity index (χ4v) is 0.854. The summed E-state index contributed by atoms with van der Waals surface area (Å²) >= 11 is 0. The van der Waals surface area contributed by atoms with Crippen LogP contribution in [-0.4, -0.2) is 5.97 Å². The third-order valence-electron chi connectivity index (χ3n) is 1.46. The summed E-state index contributed by atoms with van der Waals surface area (Å²) in [4.78, 5) is 10.4. The first-order valence-electron chi connectivity index (χ1n) is 3.45. The largest absolute Gasteiger partial charge is 0.550 e. The van der Waals surface area contributed by atoms with Crippen molar-refractivity contribution in [3.63, 3.8) is 0 Å². The van der Waals surface area contributed by atoms with Crippen molar-refractivity contribution in [3.8, 4) is 0 Å². The molecule has 0 aromatic carbocycles. The highest BCUT2D eigenvalue weighted by Gasteiger charge is 2.07. The second-order valence-electron chi connectivity index (χ2n) is 2.51. The van der Waals surface area contributed by atoms with Gasteiger partial charge in [-0.2, -0.15) is 0 Å². The molecule has 0 aliphatic heterocycles. The van der Waals surface area contributed by atoms with Gasteiger partial charge in [0.25, 0.3) is 0 Å². The SMILES string of the molecule is C=C(C)C(CCC)C(=O)[O-]. The lowest BCUT2D eigenvalue weighted by molar-refractivity contribution is -0.310. The molecule has 0 saturated carbocycles. The molecule has 0 aromatic heterocycles. The van der Waals surface area contributed by atoms with E-state index in [1.54, 1.807) is 6.92 Å². The first-order valence-corrected chi connectivity index (χ1v) is 3.45. The lowest BCUT2D eigenvalue weighted by Gasteiger charge is -2.16. The molecule has 0 bridgehead atoms. The molecule has 0 aliphatic rings. The summed E-state index contributed by atoms with van der Waals surface area (Å²) in [7, 11) is 0. The van der Waals surface area contributed by atoms with Crippen molar-refractivity contribution < 1.29 is 9.90 Å². The number of rotatable bonds is 4. The smallest absolute Gasteiger partial charge is 0.0485 e. The van der Waals surface area contributed by atoms with Gasteiger partial charge in [0.1, 0.15) is 0 Å². The second-order valence-corrected chi connectivity index (χ2v) is 2.51. The zero-order chi connectivity index (χ0) is 8.15. The summed E-state index contributed by atoms with van der Waals surface area (Å²) in [6.45, 7) is 7.24. The Morgan fingerprint density at radius 2 is 2.20 bits per heavy atom. The molecule has 1 atom stereocenters. The molecule has 0 saturated heterocycles. The first-order chi connectivity index (χ1) is 4.59. The monoisotopic (exact) mass is 141 g/mol. The van der Waals surface area contributed by atoms with E-state index in [4.69, 9.17) is 0 Å². The summed E-state index contributed by atoms with van der Waals surface area (Å²) in [5.74, 6) is -1.46. The van der Waals surface area contributed by atoms with Gasteiger partial charge in [-0.3, -0.25) is 0 Å². The van der Waals surface area contributed by atoms with Crippen molar-refractivity contribution in [1.82, 2.24) is 0 Å². The van der Waals surface area contributed by atoms with Crippen LogP contribution in [0.4, 0.5) is 0 Å². The van der Waals surface area contributed by atoms with Crippen LogP contribution in [0.15, 0.2) is 12.2 Å². The highest BCUT2D eigenvalue weighted by molar-refractivity contribution is 5.70. The van der Waals surface area contributed by atoms with Gasteiger partial charge in [0, 0.05) is 11.9 Å². The molecule has 0 N–H and O–H groups in total. The zero-order valence-corrected chi connectivity index (χ0v) is 6.52. The van der Waals surface area contributed by atoms with Crippen LogP contribution in [0.1, 0.15) is 26.7 Å². The minimum Gasteiger partial charge on any atom is -0.550 e. The van der Waals surface area contributed by atoms with Crippen LogP contribution in [0.2, 0.25) is 0 Å². The Labute approximate surface area is 61.6 Å². The third-order valence-corrected chi connectivity index (χ3v) is 1.46. The van der Waals surface area contributed by atoms with Crippen LogP contribution in [-0.2, 0) is 4.79 Å². The molecule has 0 amide bonds. The average molecular weight is 141 g/mol. The number of hydrogen-bond acceptors (Lipinski definition) is 2. The molecule has 0 spiro atoms. The maximum Gasteiger partial charge on any atom is 0.0485 e. The Morgan fingerprint density at radius 3 is 2.30 bits per heavy atom. The van der Waals surface area contributed by atoms with Gasteiger partial charge in [0.15, 0.2) is 0 Å². The molecule has 10 heavy (non-hydrogen) atoms. The van der Waals surface area contributed by atoms with E-state index in [1.807, 2.05) is 6.92 Å². The summed E-state index contributed by atoms with van der Waals surface area (Å²) in [5, 5.41) is 10.4. The van der Waals surface area contributed by atoms with Gasteiger partial charge in [-0.1, -0.05) is 25.5 Å². The zero-order valence-electron chi connectivity index (χ0n) is 6.52. The minimum atomic E-state index is -1.01. The first kappa shape index (κ1) is 9.21. The molecule has 1 unspecified atom stereocenters. The van der Waals surface area contributed by atoms with Crippen LogP contribution in [0, 0.1) is 5.92 Å². The predicted octanol–water partition coefficient (Wildman–Crippen LogP) is 0.729. The summed E-state index contributed by atoms with van der Waals surface area (Å²) in [5.41, 5.74) is 0.682. The van der Waals surface area contributed by atoms with Crippen molar-refractivity contribution in [3.05, 3.63) is 12.2 Å². The second kappa shape index (κ2) is 4.09. The van der Waals surface area contributed by atoms with Crippen molar-refractivity contribution >= 4 is 5.97 Å². The van der Waals surface area contributed by atoms with Crippen LogP contribution in [0.3, 0.4) is 0 Å². The average Bonchev–Trinajstić information content (AvgIpc) is 1.81. The molecule has 0 radical (unpaired) electrons. The van der Waals surface area contributed by atoms with E-state index < -0.39 is 11.9 Å². The molecule has 2 nitrogen and oxygen atoms in total. The molecular weight excluding hydrogens is 128 g/mol. The van der Waals surface area contributed by atoms with Gasteiger partial charge in [-0.15, -0.1) is 0 Å². The van der Waals surface area contributed by atoms with Crippen LogP contribution in [0.25, 0.3) is 0 Å². The van der Waals surface area contributed by atoms with Crippen molar-refractivity contribution in [1.29, 1.82) is 0 Å². The topological polar surface area (TPSA) is 40.1 Å². The number of hydrogen-bond donors (Lipinski definition) is 0. The molecule has 0 aliphatic carbocycles. The lowest BCUT2D eigenvalue weighted by Crippen LogP contribution is -2.31. The Morgan fingerprint density at radius 1 is 1.70 bits per heavy atom. The van der Waals surface area contributed by atoms with E-state index in [2.05, 4.69) is 6.58 Å². The van der Waals surface area contributed by atoms with E-state index >= 15 is 0 Å². The quantitative estimate of drug-likeness (QED) is 0.541. The minimum absolute atomic E-state index is 0.454. The van der Waals surface area contributed by atoms with E-state index in [0.29, 0.717) is 12.0 Å². The number of carboxylic acid groups (broad SMARTS) is 1. The van der Waals surface area contributed by atoms with Gasteiger partial charge in [0.2, 0.25) is 0 Å². The van der Waals surface area contributed by atoms with Gasteiger partial charge in [-0.05, 0) is 13.3 Å². The normalized spacial score (nSPS) is 12.6. The summed E-state index contributed by atoms with van der Waals surface area (Å²) < 4.78 is 0. The number of aliphatic carboxylic acids is 1. The Bertz CT molecular complexity index is 124. The summed E-state index contributed by atoms with van der Waals surface area (Å²) in [6.07, 6.45) is 1.49. The van der Waals surface area contributed by atoms with Gasteiger partial charge in [0.05, 0.1) is 0 Å². The fraction of sp³-hybridized carbons (Fsp3) is 0.625. The maximum absolute atomic E-state index is 10.4. The molecule has 58 valence electrons. The molecule has 2 heteroatoms. The fourth-order valence-electron chi connectivity index (χ4n) is 0.854. The summed E-state index contributed by atoms with van der Waals surface area (Å²) in [6, 6.07) is 0. The van der Waals surface area contributed by atoms with Gasteiger partial charge >= 0.3 is 0 Å².